The normalized spacial score (nSPS) is 16.3. The van der Waals surface area contributed by atoms with E-state index in [0.29, 0.717) is 0 Å². The van der Waals surface area contributed by atoms with Crippen molar-refractivity contribution in [2.75, 3.05) is 18.0 Å². The molecule has 1 fully saturated rings. The number of amides is 1. The quantitative estimate of drug-likeness (QED) is 0.942. The van der Waals surface area contributed by atoms with E-state index < -0.39 is 0 Å². The molecule has 0 spiro atoms. The molecule has 23 heavy (non-hydrogen) atoms. The number of hydrogen-bond acceptors (Lipinski definition) is 4. The number of aryl methyl sites for hydroxylation is 2. The second-order valence-corrected chi connectivity index (χ2v) is 6.74. The summed E-state index contributed by atoms with van der Waals surface area (Å²) in [4.78, 5) is 19.0. The Bertz CT molecular complexity index is 713. The molecule has 0 atom stereocenters. The minimum Gasteiger partial charge on any atom is -0.356 e. The van der Waals surface area contributed by atoms with E-state index in [1.807, 2.05) is 38.3 Å². The maximum Gasteiger partial charge on any atom is 0.223 e. The molecule has 3 rings (SSSR count). The summed E-state index contributed by atoms with van der Waals surface area (Å²) < 4.78 is 1.91. The molecule has 0 unspecified atom stereocenters. The van der Waals surface area contributed by atoms with Crippen molar-refractivity contribution < 1.29 is 4.79 Å². The van der Waals surface area contributed by atoms with Crippen LogP contribution in [0.5, 0.6) is 0 Å². The highest BCUT2D eigenvalue weighted by Gasteiger charge is 2.26. The van der Waals surface area contributed by atoms with Crippen LogP contribution in [0, 0.1) is 19.8 Å². The van der Waals surface area contributed by atoms with E-state index in [4.69, 9.17) is 0 Å². The lowest BCUT2D eigenvalue weighted by atomic mass is 9.95. The van der Waals surface area contributed by atoms with E-state index in [1.165, 1.54) is 0 Å². The third-order valence-electron chi connectivity index (χ3n) is 4.28. The van der Waals surface area contributed by atoms with E-state index in [1.54, 1.807) is 0 Å². The van der Waals surface area contributed by atoms with Crippen LogP contribution in [-0.4, -0.2) is 39.6 Å². The number of carbonyl (C=O) groups excluding carboxylic acids is 1. The molecule has 1 amide bonds. The third-order valence-corrected chi connectivity index (χ3v) is 4.28. The highest BCUT2D eigenvalue weighted by molar-refractivity contribution is 5.79. The Hall–Kier alpha value is -2.11. The van der Waals surface area contributed by atoms with Crippen molar-refractivity contribution in [3.05, 3.63) is 23.5 Å². The van der Waals surface area contributed by atoms with Crippen LogP contribution in [-0.2, 0) is 4.79 Å². The van der Waals surface area contributed by atoms with Gasteiger partial charge in [0, 0.05) is 42.9 Å². The SMILES string of the molecule is Cc1cc(N2CCC(C(=O)NC(C)C)CC2)n2nc(C)cc2n1. The number of anilines is 1. The van der Waals surface area contributed by atoms with Crippen LogP contribution in [0.4, 0.5) is 5.82 Å². The van der Waals surface area contributed by atoms with E-state index >= 15 is 0 Å². The average molecular weight is 315 g/mol. The molecule has 1 N–H and O–H groups in total. The number of nitrogens with zero attached hydrogens (tertiary/aromatic N) is 4. The summed E-state index contributed by atoms with van der Waals surface area (Å²) in [5.74, 6) is 1.38. The van der Waals surface area contributed by atoms with Gasteiger partial charge >= 0.3 is 0 Å². The molecule has 6 nitrogen and oxygen atoms in total. The summed E-state index contributed by atoms with van der Waals surface area (Å²) in [5.41, 5.74) is 2.85. The van der Waals surface area contributed by atoms with Gasteiger partial charge in [-0.05, 0) is 40.5 Å². The van der Waals surface area contributed by atoms with Gasteiger partial charge in [0.25, 0.3) is 0 Å². The van der Waals surface area contributed by atoms with Crippen molar-refractivity contribution in [1.82, 2.24) is 19.9 Å². The summed E-state index contributed by atoms with van der Waals surface area (Å²) in [7, 11) is 0. The lowest BCUT2D eigenvalue weighted by Crippen LogP contribution is -2.43. The van der Waals surface area contributed by atoms with Crippen molar-refractivity contribution >= 4 is 17.4 Å². The molecule has 0 radical (unpaired) electrons. The molecule has 0 bridgehead atoms. The first kappa shape index (κ1) is 15.8. The van der Waals surface area contributed by atoms with Crippen LogP contribution in [0.2, 0.25) is 0 Å². The minimum absolute atomic E-state index is 0.117. The largest absolute Gasteiger partial charge is 0.356 e. The van der Waals surface area contributed by atoms with Gasteiger partial charge in [-0.15, -0.1) is 0 Å². The Morgan fingerprint density at radius 3 is 2.57 bits per heavy atom. The Balaban J connectivity index is 1.76. The van der Waals surface area contributed by atoms with Crippen molar-refractivity contribution in [2.24, 2.45) is 5.92 Å². The molecule has 2 aromatic rings. The predicted molar refractivity (Wildman–Crippen MR) is 90.7 cm³/mol. The van der Waals surface area contributed by atoms with Gasteiger partial charge in [-0.3, -0.25) is 4.79 Å². The summed E-state index contributed by atoms with van der Waals surface area (Å²) in [6.07, 6.45) is 1.75. The van der Waals surface area contributed by atoms with E-state index in [-0.39, 0.29) is 17.9 Å². The average Bonchev–Trinajstić information content (AvgIpc) is 2.86. The first-order valence-electron chi connectivity index (χ1n) is 8.33. The predicted octanol–water partition coefficient (Wildman–Crippen LogP) is 2.09. The van der Waals surface area contributed by atoms with Crippen LogP contribution >= 0.6 is 0 Å². The Morgan fingerprint density at radius 1 is 1.22 bits per heavy atom. The summed E-state index contributed by atoms with van der Waals surface area (Å²) in [6, 6.07) is 4.28. The second-order valence-electron chi connectivity index (χ2n) is 6.74. The number of carbonyl (C=O) groups is 1. The Morgan fingerprint density at radius 2 is 1.91 bits per heavy atom. The Kier molecular flexibility index (Phi) is 4.24. The molecule has 1 aliphatic rings. The molecule has 124 valence electrons. The third kappa shape index (κ3) is 3.30. The van der Waals surface area contributed by atoms with Gasteiger partial charge in [0.15, 0.2) is 5.65 Å². The molecular formula is C17H25N5O. The zero-order valence-corrected chi connectivity index (χ0v) is 14.3. The maximum absolute atomic E-state index is 12.2. The smallest absolute Gasteiger partial charge is 0.223 e. The number of fused-ring (bicyclic) bond motifs is 1. The molecule has 6 heteroatoms. The summed E-state index contributed by atoms with van der Waals surface area (Å²) in [5, 5.41) is 7.58. The lowest BCUT2D eigenvalue weighted by Gasteiger charge is -2.33. The topological polar surface area (TPSA) is 62.5 Å². The van der Waals surface area contributed by atoms with Crippen LogP contribution in [0.15, 0.2) is 12.1 Å². The Labute approximate surface area is 136 Å². The standard InChI is InChI=1S/C17H25N5O/c1-11(2)18-17(23)14-5-7-21(8-6-14)16-10-12(3)19-15-9-13(4)20-22(15)16/h9-11,14H,5-8H2,1-4H3,(H,18,23). The summed E-state index contributed by atoms with van der Waals surface area (Å²) >= 11 is 0. The van der Waals surface area contributed by atoms with E-state index in [2.05, 4.69) is 26.4 Å². The fourth-order valence-electron chi connectivity index (χ4n) is 3.19. The first-order chi connectivity index (χ1) is 10.9. The van der Waals surface area contributed by atoms with Crippen LogP contribution in [0.3, 0.4) is 0 Å². The van der Waals surface area contributed by atoms with Crippen molar-refractivity contribution in [2.45, 2.75) is 46.6 Å². The van der Waals surface area contributed by atoms with Crippen molar-refractivity contribution in [1.29, 1.82) is 0 Å². The van der Waals surface area contributed by atoms with Crippen molar-refractivity contribution in [3.63, 3.8) is 0 Å². The summed E-state index contributed by atoms with van der Waals surface area (Å²) in [6.45, 7) is 9.74. The zero-order valence-electron chi connectivity index (χ0n) is 14.3. The van der Waals surface area contributed by atoms with Gasteiger partial charge in [-0.2, -0.15) is 9.61 Å². The van der Waals surface area contributed by atoms with Gasteiger partial charge in [-0.1, -0.05) is 0 Å². The molecule has 1 saturated heterocycles. The monoisotopic (exact) mass is 315 g/mol. The molecule has 0 aromatic carbocycles. The van der Waals surface area contributed by atoms with Crippen LogP contribution < -0.4 is 10.2 Å². The molecule has 0 aliphatic carbocycles. The molecular weight excluding hydrogens is 290 g/mol. The number of aromatic nitrogens is 3. The zero-order chi connectivity index (χ0) is 16.6. The highest BCUT2D eigenvalue weighted by atomic mass is 16.1. The number of nitrogens with one attached hydrogen (secondary N) is 1. The van der Waals surface area contributed by atoms with Crippen LogP contribution in [0.1, 0.15) is 38.1 Å². The van der Waals surface area contributed by atoms with Gasteiger partial charge in [-0.25, -0.2) is 4.98 Å². The minimum atomic E-state index is 0.117. The molecule has 0 saturated carbocycles. The van der Waals surface area contributed by atoms with Crippen molar-refractivity contribution in [3.8, 4) is 0 Å². The first-order valence-corrected chi connectivity index (χ1v) is 8.33. The van der Waals surface area contributed by atoms with Gasteiger partial charge in [0.05, 0.1) is 5.69 Å². The number of piperidine rings is 1. The lowest BCUT2D eigenvalue weighted by molar-refractivity contribution is -0.126. The second kappa shape index (κ2) is 6.18. The fourth-order valence-corrected chi connectivity index (χ4v) is 3.19. The van der Waals surface area contributed by atoms with Crippen LogP contribution in [0.25, 0.3) is 5.65 Å². The van der Waals surface area contributed by atoms with E-state index in [0.717, 1.165) is 48.8 Å². The molecule has 2 aromatic heterocycles. The fraction of sp³-hybridized carbons (Fsp3) is 0.588. The maximum atomic E-state index is 12.2. The molecule has 1 aliphatic heterocycles. The van der Waals surface area contributed by atoms with E-state index in [9.17, 15) is 4.79 Å². The van der Waals surface area contributed by atoms with Gasteiger partial charge in [0.2, 0.25) is 5.91 Å². The molecule has 3 heterocycles. The number of hydrogen-bond donors (Lipinski definition) is 1. The van der Waals surface area contributed by atoms with Gasteiger partial charge in [0.1, 0.15) is 5.82 Å². The number of rotatable bonds is 3. The van der Waals surface area contributed by atoms with Gasteiger partial charge < -0.3 is 10.2 Å². The highest BCUT2D eigenvalue weighted by Crippen LogP contribution is 2.25.